The number of hydrogen-bond acceptors (Lipinski definition) is 10. The molecule has 0 spiro atoms. The van der Waals surface area contributed by atoms with Gasteiger partial charge in [-0.05, 0) is 50.1 Å². The largest absolute Gasteiger partial charge is 0.416 e. The highest BCUT2D eigenvalue weighted by Crippen LogP contribution is 2.33. The maximum Gasteiger partial charge on any atom is 0.416 e. The van der Waals surface area contributed by atoms with Gasteiger partial charge in [0.1, 0.15) is 11.4 Å². The van der Waals surface area contributed by atoms with E-state index in [0.29, 0.717) is 29.1 Å². The topological polar surface area (TPSA) is 177 Å². The molecule has 2 aromatic heterocycles. The first-order valence-corrected chi connectivity index (χ1v) is 14.9. The van der Waals surface area contributed by atoms with E-state index in [1.54, 1.807) is 68.6 Å². The molecule has 0 bridgehead atoms. The number of para-hydroxylation sites is 1. The molecule has 0 atom stereocenters. The van der Waals surface area contributed by atoms with Crippen molar-refractivity contribution in [3.63, 3.8) is 0 Å². The Hall–Kier alpha value is -5.56. The summed E-state index contributed by atoms with van der Waals surface area (Å²) >= 11 is 0. The predicted octanol–water partition coefficient (Wildman–Crippen LogP) is 5.45. The minimum atomic E-state index is -3.45. The fraction of sp³-hybridized carbons (Fsp3) is 0.129. The van der Waals surface area contributed by atoms with Gasteiger partial charge in [-0.25, -0.2) is 28.0 Å². The maximum absolute atomic E-state index is 12.5. The van der Waals surface area contributed by atoms with Crippen molar-refractivity contribution in [3.05, 3.63) is 103 Å². The van der Waals surface area contributed by atoms with Crippen molar-refractivity contribution in [1.29, 1.82) is 0 Å². The summed E-state index contributed by atoms with van der Waals surface area (Å²) < 4.78 is 40.8. The van der Waals surface area contributed by atoms with E-state index in [0.717, 1.165) is 11.1 Å². The van der Waals surface area contributed by atoms with Crippen molar-refractivity contribution >= 4 is 27.6 Å². The van der Waals surface area contributed by atoms with E-state index in [-0.39, 0.29) is 22.2 Å². The number of primary amides is 1. The number of aromatic nitrogens is 3. The van der Waals surface area contributed by atoms with Crippen LogP contribution in [0, 0.1) is 0 Å². The highest BCUT2D eigenvalue weighted by molar-refractivity contribution is 7.92. The predicted molar refractivity (Wildman–Crippen MR) is 161 cm³/mol. The Balaban J connectivity index is 1.33. The Morgan fingerprint density at radius 3 is 2.43 bits per heavy atom. The molecular formula is C31H27N5O7S. The smallest absolute Gasteiger partial charge is 0.410 e. The van der Waals surface area contributed by atoms with Gasteiger partial charge in [-0.1, -0.05) is 53.7 Å². The van der Waals surface area contributed by atoms with Gasteiger partial charge in [-0.3, -0.25) is 5.32 Å². The number of nitrogens with zero attached hydrogens (tertiary/aromatic N) is 3. The molecule has 0 fully saturated rings. The fourth-order valence-electron chi connectivity index (χ4n) is 4.09. The van der Waals surface area contributed by atoms with Crippen LogP contribution in [0.4, 0.5) is 9.59 Å². The van der Waals surface area contributed by atoms with Crippen LogP contribution in [0.25, 0.3) is 28.3 Å². The second-order valence-corrected chi connectivity index (χ2v) is 12.3. The number of nitrogens with one attached hydrogen (secondary N) is 1. The average molecular weight is 614 g/mol. The van der Waals surface area contributed by atoms with Gasteiger partial charge in [0.05, 0.1) is 22.0 Å². The third-order valence-corrected chi connectivity index (χ3v) is 8.61. The van der Waals surface area contributed by atoms with Crippen molar-refractivity contribution in [2.45, 2.75) is 30.4 Å². The summed E-state index contributed by atoms with van der Waals surface area (Å²) in [4.78, 5) is 32.5. The molecule has 224 valence electrons. The zero-order valence-corrected chi connectivity index (χ0v) is 24.4. The van der Waals surface area contributed by atoms with Gasteiger partial charge >= 0.3 is 12.2 Å². The van der Waals surface area contributed by atoms with E-state index >= 15 is 0 Å². The summed E-state index contributed by atoms with van der Waals surface area (Å²) in [6.07, 6.45) is 7.24. The van der Waals surface area contributed by atoms with Crippen molar-refractivity contribution in [1.82, 2.24) is 20.4 Å². The lowest BCUT2D eigenvalue weighted by atomic mass is 10.0. The molecule has 0 unspecified atom stereocenters. The van der Waals surface area contributed by atoms with Crippen LogP contribution >= 0.6 is 0 Å². The number of carbonyl (C=O) groups is 2. The van der Waals surface area contributed by atoms with E-state index in [2.05, 4.69) is 20.4 Å². The van der Waals surface area contributed by atoms with Gasteiger partial charge in [0, 0.05) is 23.4 Å². The van der Waals surface area contributed by atoms with E-state index in [9.17, 15) is 18.0 Å². The Bertz CT molecular complexity index is 1890. The molecule has 44 heavy (non-hydrogen) atoms. The van der Waals surface area contributed by atoms with E-state index in [1.165, 1.54) is 18.3 Å². The number of allylic oxidation sites excluding steroid dienone is 5. The van der Waals surface area contributed by atoms with Gasteiger partial charge in [-0.2, -0.15) is 0 Å². The molecule has 12 nitrogen and oxygen atoms in total. The minimum absolute atomic E-state index is 0.0704. The monoisotopic (exact) mass is 613 g/mol. The van der Waals surface area contributed by atoms with Crippen LogP contribution in [0.3, 0.4) is 0 Å². The van der Waals surface area contributed by atoms with Gasteiger partial charge < -0.3 is 19.7 Å². The van der Waals surface area contributed by atoms with Crippen LogP contribution in [-0.2, 0) is 9.84 Å². The fourth-order valence-corrected chi connectivity index (χ4v) is 5.15. The number of benzene rings is 2. The molecule has 4 aromatic rings. The maximum atomic E-state index is 12.5. The summed E-state index contributed by atoms with van der Waals surface area (Å²) in [7, 11) is -3.45. The zero-order chi connectivity index (χ0) is 31.3. The Morgan fingerprint density at radius 1 is 1.02 bits per heavy atom. The first kappa shape index (κ1) is 29.9. The lowest BCUT2D eigenvalue weighted by Gasteiger charge is -2.10. The third kappa shape index (κ3) is 6.90. The van der Waals surface area contributed by atoms with Gasteiger partial charge in [0.15, 0.2) is 21.3 Å². The molecule has 3 N–H and O–H groups in total. The van der Waals surface area contributed by atoms with E-state index in [4.69, 9.17) is 19.7 Å². The molecule has 2 heterocycles. The summed E-state index contributed by atoms with van der Waals surface area (Å²) in [6, 6.07) is 16.6. The molecular weight excluding hydrogens is 586 g/mol. The van der Waals surface area contributed by atoms with Crippen LogP contribution in [0.15, 0.2) is 106 Å². The van der Waals surface area contributed by atoms with Gasteiger partial charge in [-0.15, -0.1) is 0 Å². The quantitative estimate of drug-likeness (QED) is 0.260. The Labute approximate surface area is 252 Å². The SMILES string of the molecule is CC(C)S(=O)(=O)c1ccc(-c2cnc(OC(N)=O)c(-c3cc(C4=CCC(=CNC(=O)Oc5ccccc5)C=C4)no3)n2)cc1. The normalized spacial score (nSPS) is 13.9. The number of ether oxygens (including phenoxy) is 2. The summed E-state index contributed by atoms with van der Waals surface area (Å²) in [5, 5.41) is 6.17. The molecule has 1 aliphatic rings. The van der Waals surface area contributed by atoms with E-state index < -0.39 is 27.3 Å². The summed E-state index contributed by atoms with van der Waals surface area (Å²) in [5.41, 5.74) is 8.29. The first-order chi connectivity index (χ1) is 21.1. The number of sulfone groups is 1. The number of nitrogens with two attached hydrogens (primary N) is 1. The summed E-state index contributed by atoms with van der Waals surface area (Å²) in [6.45, 7) is 3.23. The molecule has 1 aliphatic carbocycles. The molecule has 0 radical (unpaired) electrons. The highest BCUT2D eigenvalue weighted by atomic mass is 32.2. The van der Waals surface area contributed by atoms with Crippen LogP contribution < -0.4 is 20.5 Å². The van der Waals surface area contributed by atoms with Crippen LogP contribution in [-0.4, -0.2) is 41.0 Å². The Morgan fingerprint density at radius 2 is 1.77 bits per heavy atom. The molecule has 2 amide bonds. The zero-order valence-electron chi connectivity index (χ0n) is 23.6. The molecule has 0 saturated heterocycles. The standard InChI is InChI=1S/C31H27N5O7S/c1-19(2)44(39,40)24-14-12-22(13-15-24)26-18-33-29(42-30(32)37)28(35-26)27-16-25(36-43-27)21-10-8-20(9-11-21)17-34-31(38)41-23-6-4-3-5-7-23/h3-8,10-19H,9H2,1-2H3,(H2,32,37)(H,34,38). The first-order valence-electron chi connectivity index (χ1n) is 13.4. The lowest BCUT2D eigenvalue weighted by molar-refractivity contribution is 0.204. The van der Waals surface area contributed by atoms with Crippen molar-refractivity contribution in [2.75, 3.05) is 0 Å². The van der Waals surface area contributed by atoms with Gasteiger partial charge in [0.25, 0.3) is 5.88 Å². The highest BCUT2D eigenvalue weighted by Gasteiger charge is 2.22. The number of rotatable bonds is 8. The average Bonchev–Trinajstić information content (AvgIpc) is 3.51. The second kappa shape index (κ2) is 12.8. The van der Waals surface area contributed by atoms with Crippen molar-refractivity contribution < 1.29 is 32.0 Å². The number of amides is 2. The molecule has 0 saturated carbocycles. The molecule has 13 heteroatoms. The van der Waals surface area contributed by atoms with Crippen molar-refractivity contribution in [3.8, 4) is 34.3 Å². The number of carbonyl (C=O) groups excluding carboxylic acids is 2. The van der Waals surface area contributed by atoms with E-state index in [1.807, 2.05) is 18.2 Å². The lowest BCUT2D eigenvalue weighted by Crippen LogP contribution is -2.22. The number of hydrogen-bond donors (Lipinski definition) is 2. The van der Waals surface area contributed by atoms with Gasteiger partial charge in [0.2, 0.25) is 0 Å². The third-order valence-electron chi connectivity index (χ3n) is 6.44. The minimum Gasteiger partial charge on any atom is -0.410 e. The molecule has 5 rings (SSSR count). The van der Waals surface area contributed by atoms with Crippen LogP contribution in [0.2, 0.25) is 0 Å². The van der Waals surface area contributed by atoms with Crippen LogP contribution in [0.1, 0.15) is 26.0 Å². The Kier molecular flexibility index (Phi) is 8.67. The second-order valence-electron chi connectivity index (χ2n) is 9.79. The van der Waals surface area contributed by atoms with Crippen molar-refractivity contribution in [2.24, 2.45) is 5.73 Å². The van der Waals surface area contributed by atoms with Crippen LogP contribution in [0.5, 0.6) is 11.6 Å². The molecule has 0 aliphatic heterocycles. The summed E-state index contributed by atoms with van der Waals surface area (Å²) in [5.74, 6) is 0.404. The molecule has 2 aromatic carbocycles.